The molecule has 0 heterocycles. The van der Waals surface area contributed by atoms with Gasteiger partial charge in [0.15, 0.2) is 0 Å². The van der Waals surface area contributed by atoms with E-state index in [1.54, 1.807) is 31.4 Å². The van der Waals surface area contributed by atoms with Crippen molar-refractivity contribution in [3.05, 3.63) is 42.0 Å². The van der Waals surface area contributed by atoms with Crippen molar-refractivity contribution in [2.75, 3.05) is 7.11 Å². The molecule has 2 aromatic rings. The molecule has 0 fully saturated rings. The first-order valence-corrected chi connectivity index (χ1v) is 5.41. The fourth-order valence-electron chi connectivity index (χ4n) is 1.84. The van der Waals surface area contributed by atoms with Gasteiger partial charge in [0, 0.05) is 0 Å². The molecule has 1 atom stereocenters. The first-order chi connectivity index (χ1) is 8.65. The summed E-state index contributed by atoms with van der Waals surface area (Å²) in [7, 11) is 1.59. The number of carbonyl (C=O) groups excluding carboxylic acids is 1. The molecule has 1 unspecified atom stereocenters. The molecule has 0 radical (unpaired) electrons. The molecule has 2 rings (SSSR count). The Morgan fingerprint density at radius 2 is 1.89 bits per heavy atom. The molecule has 0 amide bonds. The second-order valence-corrected chi connectivity index (χ2v) is 3.92. The van der Waals surface area contributed by atoms with Crippen LogP contribution < -0.4 is 4.74 Å². The lowest BCUT2D eigenvalue weighted by Crippen LogP contribution is -2.12. The highest BCUT2D eigenvalue weighted by Crippen LogP contribution is 2.24. The van der Waals surface area contributed by atoms with E-state index in [4.69, 9.17) is 9.84 Å². The molecule has 2 aromatic carbocycles. The number of methoxy groups -OCH3 is 1. The molecule has 1 N–H and O–H groups in total. The van der Waals surface area contributed by atoms with Crippen molar-refractivity contribution in [2.45, 2.75) is 5.92 Å². The van der Waals surface area contributed by atoms with Crippen LogP contribution in [-0.2, 0) is 9.59 Å². The number of rotatable bonds is 4. The smallest absolute Gasteiger partial charge is 0.318 e. The predicted molar refractivity (Wildman–Crippen MR) is 66.9 cm³/mol. The molecule has 0 aliphatic rings. The van der Waals surface area contributed by atoms with Crippen LogP contribution in [0.15, 0.2) is 36.4 Å². The van der Waals surface area contributed by atoms with Crippen LogP contribution in [0.4, 0.5) is 0 Å². The van der Waals surface area contributed by atoms with E-state index in [1.165, 1.54) is 0 Å². The van der Waals surface area contributed by atoms with Crippen LogP contribution in [0.25, 0.3) is 10.8 Å². The lowest BCUT2D eigenvalue weighted by molar-refractivity contribution is -0.140. The van der Waals surface area contributed by atoms with Crippen LogP contribution in [-0.4, -0.2) is 24.5 Å². The average molecular weight is 244 g/mol. The summed E-state index contributed by atoms with van der Waals surface area (Å²) < 4.78 is 5.11. The zero-order valence-corrected chi connectivity index (χ0v) is 9.79. The fraction of sp³-hybridized carbons (Fsp3) is 0.143. The van der Waals surface area contributed by atoms with Gasteiger partial charge in [-0.15, -0.1) is 0 Å². The van der Waals surface area contributed by atoms with Gasteiger partial charge in [-0.05, 0) is 34.5 Å². The van der Waals surface area contributed by atoms with Crippen molar-refractivity contribution in [2.24, 2.45) is 0 Å². The number of ether oxygens (including phenoxy) is 1. The third kappa shape index (κ3) is 2.18. The van der Waals surface area contributed by atoms with E-state index in [0.717, 1.165) is 16.5 Å². The fourth-order valence-corrected chi connectivity index (χ4v) is 1.84. The maximum atomic E-state index is 10.9. The Labute approximate surface area is 104 Å². The molecular formula is C14H12O4. The minimum atomic E-state index is -1.14. The van der Waals surface area contributed by atoms with Crippen molar-refractivity contribution in [3.8, 4) is 5.75 Å². The number of hydrogen-bond acceptors (Lipinski definition) is 3. The molecule has 92 valence electrons. The summed E-state index contributed by atoms with van der Waals surface area (Å²) >= 11 is 0. The molecule has 4 nitrogen and oxygen atoms in total. The van der Waals surface area contributed by atoms with E-state index in [-0.39, 0.29) is 0 Å². The van der Waals surface area contributed by atoms with E-state index in [2.05, 4.69) is 0 Å². The number of benzene rings is 2. The van der Waals surface area contributed by atoms with Crippen molar-refractivity contribution >= 4 is 23.0 Å². The van der Waals surface area contributed by atoms with Gasteiger partial charge in [-0.3, -0.25) is 4.79 Å². The molecule has 0 aromatic heterocycles. The zero-order valence-electron chi connectivity index (χ0n) is 9.79. The van der Waals surface area contributed by atoms with Crippen LogP contribution in [0, 0.1) is 0 Å². The second-order valence-electron chi connectivity index (χ2n) is 3.92. The standard InChI is InChI=1S/C14H12O4/c1-18-12-5-4-9-6-11(3-2-10(9)7-12)13(8-15)14(16)17/h2-8,13H,1H3,(H,16,17). The Bertz CT molecular complexity index is 604. The van der Waals surface area contributed by atoms with Gasteiger partial charge in [-0.1, -0.05) is 18.2 Å². The quantitative estimate of drug-likeness (QED) is 0.661. The van der Waals surface area contributed by atoms with Crippen molar-refractivity contribution in [3.63, 3.8) is 0 Å². The van der Waals surface area contributed by atoms with Gasteiger partial charge in [-0.2, -0.15) is 0 Å². The number of carboxylic acids is 1. The van der Waals surface area contributed by atoms with Crippen molar-refractivity contribution in [1.82, 2.24) is 0 Å². The second kappa shape index (κ2) is 4.87. The van der Waals surface area contributed by atoms with E-state index in [0.29, 0.717) is 11.8 Å². The molecule has 0 bridgehead atoms. The molecule has 0 saturated heterocycles. The summed E-state index contributed by atoms with van der Waals surface area (Å²) in [5.74, 6) is -1.52. The summed E-state index contributed by atoms with van der Waals surface area (Å²) in [5.41, 5.74) is 0.482. The van der Waals surface area contributed by atoms with Crippen LogP contribution in [0.2, 0.25) is 0 Å². The first-order valence-electron chi connectivity index (χ1n) is 5.41. The van der Waals surface area contributed by atoms with Crippen LogP contribution in [0.5, 0.6) is 5.75 Å². The van der Waals surface area contributed by atoms with E-state index in [1.807, 2.05) is 12.1 Å². The molecule has 0 aliphatic heterocycles. The summed E-state index contributed by atoms with van der Waals surface area (Å²) in [6, 6.07) is 10.6. The number of aliphatic carboxylic acids is 1. The SMILES string of the molecule is COc1ccc2cc(C(C=O)C(=O)O)ccc2c1. The van der Waals surface area contributed by atoms with Crippen molar-refractivity contribution in [1.29, 1.82) is 0 Å². The number of fused-ring (bicyclic) bond motifs is 1. The van der Waals surface area contributed by atoms with E-state index in [9.17, 15) is 9.59 Å². The monoisotopic (exact) mass is 244 g/mol. The molecule has 0 aliphatic carbocycles. The Kier molecular flexibility index (Phi) is 3.28. The van der Waals surface area contributed by atoms with Gasteiger partial charge in [0.05, 0.1) is 7.11 Å². The minimum absolute atomic E-state index is 0.438. The maximum absolute atomic E-state index is 10.9. The predicted octanol–water partition coefficient (Wildman–Crippen LogP) is 2.22. The van der Waals surface area contributed by atoms with Gasteiger partial charge >= 0.3 is 5.97 Å². The average Bonchev–Trinajstić information content (AvgIpc) is 2.38. The number of hydrogen-bond donors (Lipinski definition) is 1. The van der Waals surface area contributed by atoms with Gasteiger partial charge in [0.25, 0.3) is 0 Å². The van der Waals surface area contributed by atoms with Gasteiger partial charge < -0.3 is 14.6 Å². The molecular weight excluding hydrogens is 232 g/mol. The summed E-state index contributed by atoms with van der Waals surface area (Å²) in [6.45, 7) is 0. The van der Waals surface area contributed by atoms with Crippen LogP contribution >= 0.6 is 0 Å². The lowest BCUT2D eigenvalue weighted by atomic mass is 9.97. The van der Waals surface area contributed by atoms with Gasteiger partial charge in [-0.25, -0.2) is 0 Å². The highest BCUT2D eigenvalue weighted by atomic mass is 16.5. The maximum Gasteiger partial charge on any atom is 0.318 e. The minimum Gasteiger partial charge on any atom is -0.497 e. The van der Waals surface area contributed by atoms with Gasteiger partial charge in [0.1, 0.15) is 18.0 Å². The molecule has 0 saturated carbocycles. The summed E-state index contributed by atoms with van der Waals surface area (Å²) in [4.78, 5) is 21.7. The molecule has 18 heavy (non-hydrogen) atoms. The van der Waals surface area contributed by atoms with Crippen molar-refractivity contribution < 1.29 is 19.4 Å². The number of carbonyl (C=O) groups is 2. The Hall–Kier alpha value is -2.36. The third-order valence-corrected chi connectivity index (χ3v) is 2.83. The first kappa shape index (κ1) is 12.1. The largest absolute Gasteiger partial charge is 0.497 e. The number of aldehydes is 1. The Morgan fingerprint density at radius 1 is 1.22 bits per heavy atom. The van der Waals surface area contributed by atoms with E-state index >= 15 is 0 Å². The highest BCUT2D eigenvalue weighted by molar-refractivity contribution is 5.95. The van der Waals surface area contributed by atoms with Crippen LogP contribution in [0.1, 0.15) is 11.5 Å². The normalized spacial score (nSPS) is 12.1. The summed E-state index contributed by atoms with van der Waals surface area (Å²) in [6.07, 6.45) is 0.438. The zero-order chi connectivity index (χ0) is 13.1. The Balaban J connectivity index is 2.50. The lowest BCUT2D eigenvalue weighted by Gasteiger charge is -2.08. The highest BCUT2D eigenvalue weighted by Gasteiger charge is 2.18. The third-order valence-electron chi connectivity index (χ3n) is 2.83. The van der Waals surface area contributed by atoms with E-state index < -0.39 is 11.9 Å². The number of carboxylic acid groups (broad SMARTS) is 1. The van der Waals surface area contributed by atoms with Crippen LogP contribution in [0.3, 0.4) is 0 Å². The van der Waals surface area contributed by atoms with Gasteiger partial charge in [0.2, 0.25) is 0 Å². The topological polar surface area (TPSA) is 63.6 Å². The molecule has 4 heteroatoms. The molecule has 0 spiro atoms. The Morgan fingerprint density at radius 3 is 2.50 bits per heavy atom. The summed E-state index contributed by atoms with van der Waals surface area (Å²) in [5, 5.41) is 10.7.